The van der Waals surface area contributed by atoms with Gasteiger partial charge in [-0.2, -0.15) is 0 Å². The Hall–Kier alpha value is -4.26. The molecule has 0 unspecified atom stereocenters. The van der Waals surface area contributed by atoms with Crippen LogP contribution in [0.1, 0.15) is 75.6 Å². The molecule has 5 aromatic carbocycles. The normalized spacial score (nSPS) is 22.7. The van der Waals surface area contributed by atoms with Crippen LogP contribution < -0.4 is 4.90 Å². The van der Waals surface area contributed by atoms with Crippen molar-refractivity contribution in [1.82, 2.24) is 0 Å². The highest BCUT2D eigenvalue weighted by atomic mass is 16.5. The van der Waals surface area contributed by atoms with Gasteiger partial charge < -0.3 is 23.8 Å². The Bertz CT molecular complexity index is 2170. The molecule has 292 valence electrons. The molecule has 5 nitrogen and oxygen atoms in total. The van der Waals surface area contributed by atoms with Crippen molar-refractivity contribution >= 4 is 17.1 Å². The lowest BCUT2D eigenvalue weighted by Gasteiger charge is -2.51. The number of benzene rings is 5. The summed E-state index contributed by atoms with van der Waals surface area (Å²) < 4.78 is 23.7. The Balaban J connectivity index is 1.10. The largest absolute Gasteiger partial charge is 0.380 e. The average Bonchev–Trinajstić information content (AvgIpc) is 3.58. The minimum atomic E-state index is -0.156. The number of para-hydroxylation sites is 1. The molecule has 11 rings (SSSR count). The molecule has 0 radical (unpaired) electrons. The molecule has 0 bridgehead atoms. The molecule has 4 heterocycles. The molecule has 0 N–H and O–H groups in total. The molecule has 4 aliphatic heterocycles. The molecule has 0 aromatic heterocycles. The van der Waals surface area contributed by atoms with Crippen molar-refractivity contribution in [1.29, 1.82) is 0 Å². The minimum absolute atomic E-state index is 0.118. The molecule has 4 fully saturated rings. The second-order valence-corrected chi connectivity index (χ2v) is 20.3. The van der Waals surface area contributed by atoms with Crippen LogP contribution in [0.25, 0.3) is 22.3 Å². The zero-order valence-corrected chi connectivity index (χ0v) is 34.0. The van der Waals surface area contributed by atoms with Crippen molar-refractivity contribution in [3.8, 4) is 22.3 Å². The van der Waals surface area contributed by atoms with E-state index in [1.165, 1.54) is 55.9 Å². The van der Waals surface area contributed by atoms with E-state index in [0.29, 0.717) is 0 Å². The second kappa shape index (κ2) is 12.6. The fourth-order valence-electron chi connectivity index (χ4n) is 12.2. The first kappa shape index (κ1) is 35.9. The number of ether oxygens (including phenoxy) is 4. The van der Waals surface area contributed by atoms with Crippen LogP contribution in [0.3, 0.4) is 0 Å². The van der Waals surface area contributed by atoms with Gasteiger partial charge in [0.15, 0.2) is 0 Å². The van der Waals surface area contributed by atoms with E-state index in [-0.39, 0.29) is 32.5 Å². The summed E-state index contributed by atoms with van der Waals surface area (Å²) in [5.41, 5.74) is 15.0. The smallest absolute Gasteiger partial charge is 0.0542 e. The first-order valence-corrected chi connectivity index (χ1v) is 21.2. The van der Waals surface area contributed by atoms with E-state index in [1.54, 1.807) is 0 Å². The number of anilines is 3. The summed E-state index contributed by atoms with van der Waals surface area (Å²) in [4.78, 5) is 2.52. The van der Waals surface area contributed by atoms with Crippen LogP contribution in [-0.2, 0) is 29.8 Å². The Labute approximate surface area is 338 Å². The van der Waals surface area contributed by atoms with Crippen molar-refractivity contribution in [2.45, 2.75) is 64.2 Å². The molecule has 0 saturated carbocycles. The highest BCUT2D eigenvalue weighted by Gasteiger charge is 2.55. The summed E-state index contributed by atoms with van der Waals surface area (Å²) in [6.45, 7) is 16.2. The molecule has 5 heteroatoms. The summed E-state index contributed by atoms with van der Waals surface area (Å²) in [6, 6.07) is 44.2. The van der Waals surface area contributed by atoms with E-state index >= 15 is 0 Å². The SMILES string of the molecule is CC1(CC2(CC3(C)COC3)c3ccccc3-c3ccc(N(c4ccccc4)c4ccc5c(c4)C(CC4(C)COC4)(CC4(C)COC4)c4ccccc4-5)cc32)COC1. The van der Waals surface area contributed by atoms with E-state index in [2.05, 4.69) is 148 Å². The van der Waals surface area contributed by atoms with Crippen molar-refractivity contribution < 1.29 is 18.9 Å². The fraction of sp³-hybridized carbons (Fsp3) is 0.423. The molecule has 0 amide bonds. The number of nitrogens with zero attached hydrogens (tertiary/aromatic N) is 1. The van der Waals surface area contributed by atoms with Crippen LogP contribution in [0.4, 0.5) is 17.1 Å². The van der Waals surface area contributed by atoms with Gasteiger partial charge in [-0.05, 0) is 107 Å². The summed E-state index contributed by atoms with van der Waals surface area (Å²) in [5, 5.41) is 0. The molecule has 0 spiro atoms. The maximum atomic E-state index is 5.93. The third kappa shape index (κ3) is 5.56. The van der Waals surface area contributed by atoms with E-state index in [4.69, 9.17) is 18.9 Å². The molecular formula is C52H55NO4. The Morgan fingerprint density at radius 1 is 0.368 bits per heavy atom. The monoisotopic (exact) mass is 757 g/mol. The van der Waals surface area contributed by atoms with Crippen LogP contribution in [0.2, 0.25) is 0 Å². The van der Waals surface area contributed by atoms with Gasteiger partial charge in [0, 0.05) is 49.6 Å². The number of rotatable bonds is 11. The van der Waals surface area contributed by atoms with Gasteiger partial charge in [0.25, 0.3) is 0 Å². The lowest BCUT2D eigenvalue weighted by Crippen LogP contribution is -2.50. The van der Waals surface area contributed by atoms with Crippen molar-refractivity contribution in [2.75, 3.05) is 57.8 Å². The quantitative estimate of drug-likeness (QED) is 0.134. The molecule has 0 atom stereocenters. The number of hydrogen-bond donors (Lipinski definition) is 0. The van der Waals surface area contributed by atoms with Crippen LogP contribution in [-0.4, -0.2) is 52.9 Å². The van der Waals surface area contributed by atoms with E-state index in [1.807, 2.05) is 0 Å². The molecule has 2 aliphatic carbocycles. The lowest BCUT2D eigenvalue weighted by molar-refractivity contribution is -0.135. The molecule has 5 aromatic rings. The molecular weight excluding hydrogens is 703 g/mol. The van der Waals surface area contributed by atoms with Gasteiger partial charge >= 0.3 is 0 Å². The van der Waals surface area contributed by atoms with Crippen molar-refractivity contribution in [2.24, 2.45) is 21.7 Å². The predicted molar refractivity (Wildman–Crippen MR) is 228 cm³/mol. The summed E-state index contributed by atoms with van der Waals surface area (Å²) >= 11 is 0. The van der Waals surface area contributed by atoms with Crippen LogP contribution in [0.15, 0.2) is 115 Å². The Morgan fingerprint density at radius 3 is 1.05 bits per heavy atom. The highest BCUT2D eigenvalue weighted by molar-refractivity contribution is 5.88. The number of fused-ring (bicyclic) bond motifs is 6. The van der Waals surface area contributed by atoms with E-state index in [9.17, 15) is 0 Å². The minimum Gasteiger partial charge on any atom is -0.380 e. The van der Waals surface area contributed by atoms with Gasteiger partial charge in [0.1, 0.15) is 0 Å². The first-order valence-electron chi connectivity index (χ1n) is 21.2. The van der Waals surface area contributed by atoms with Crippen molar-refractivity contribution in [3.63, 3.8) is 0 Å². The van der Waals surface area contributed by atoms with Gasteiger partial charge in [-0.25, -0.2) is 0 Å². The highest BCUT2D eigenvalue weighted by Crippen LogP contribution is 2.63. The zero-order valence-electron chi connectivity index (χ0n) is 34.0. The summed E-state index contributed by atoms with van der Waals surface area (Å²) in [5.74, 6) is 0. The topological polar surface area (TPSA) is 40.2 Å². The number of hydrogen-bond acceptors (Lipinski definition) is 5. The standard InChI is InChI=1S/C52H55NO4/c1-47(28-54-29-47)24-51(25-48(2)30-55-31-48)43-16-10-8-14-39(43)41-20-18-37(22-45(41)51)53(36-12-6-5-7-13-36)38-19-21-42-40-15-9-11-17-44(40)52(46(42)23-38,26-49(3)32-56-33-49)27-50(4)34-57-35-50/h5-23H,24-35H2,1-4H3. The first-order chi connectivity index (χ1) is 27.5. The molecule has 57 heavy (non-hydrogen) atoms. The summed E-state index contributed by atoms with van der Waals surface area (Å²) in [7, 11) is 0. The maximum absolute atomic E-state index is 5.93. The van der Waals surface area contributed by atoms with Gasteiger partial charge in [-0.15, -0.1) is 0 Å². The van der Waals surface area contributed by atoms with Gasteiger partial charge in [0.2, 0.25) is 0 Å². The zero-order chi connectivity index (χ0) is 38.7. The Morgan fingerprint density at radius 2 is 0.702 bits per heavy atom. The van der Waals surface area contributed by atoms with Gasteiger partial charge in [0.05, 0.1) is 52.9 Å². The van der Waals surface area contributed by atoms with Crippen molar-refractivity contribution in [3.05, 3.63) is 138 Å². The van der Waals surface area contributed by atoms with Gasteiger partial charge in [-0.1, -0.05) is 107 Å². The van der Waals surface area contributed by atoms with E-state index in [0.717, 1.165) is 84.2 Å². The van der Waals surface area contributed by atoms with Crippen LogP contribution in [0, 0.1) is 21.7 Å². The molecule has 6 aliphatic rings. The second-order valence-electron chi connectivity index (χ2n) is 20.3. The lowest BCUT2D eigenvalue weighted by atomic mass is 9.59. The molecule has 4 saturated heterocycles. The predicted octanol–water partition coefficient (Wildman–Crippen LogP) is 11.4. The third-order valence-electron chi connectivity index (χ3n) is 14.6. The average molecular weight is 758 g/mol. The Kier molecular flexibility index (Phi) is 7.94. The van der Waals surface area contributed by atoms with Gasteiger partial charge in [-0.3, -0.25) is 0 Å². The summed E-state index contributed by atoms with van der Waals surface area (Å²) in [6.07, 6.45) is 4.22. The third-order valence-corrected chi connectivity index (χ3v) is 14.6. The van der Waals surface area contributed by atoms with Crippen LogP contribution in [0.5, 0.6) is 0 Å². The van der Waals surface area contributed by atoms with E-state index < -0.39 is 0 Å². The van der Waals surface area contributed by atoms with Crippen LogP contribution >= 0.6 is 0 Å². The fourth-order valence-corrected chi connectivity index (χ4v) is 12.2. The maximum Gasteiger partial charge on any atom is 0.0542 e.